The molecule has 0 bridgehead atoms. The average Bonchev–Trinajstić information content (AvgIpc) is 2.32. The minimum absolute atomic E-state index is 0.0770. The van der Waals surface area contributed by atoms with Gasteiger partial charge >= 0.3 is 0 Å². The van der Waals surface area contributed by atoms with E-state index in [2.05, 4.69) is 46.8 Å². The Labute approximate surface area is 125 Å². The predicted molar refractivity (Wildman–Crippen MR) is 88.7 cm³/mol. The molecule has 0 fully saturated rings. The first-order chi connectivity index (χ1) is 9.23. The Bertz CT molecular complexity index is 346. The van der Waals surface area contributed by atoms with Crippen LogP contribution in [0, 0.1) is 11.8 Å². The van der Waals surface area contributed by atoms with Crippen molar-refractivity contribution in [2.45, 2.75) is 61.3 Å². The third-order valence-electron chi connectivity index (χ3n) is 3.14. The molecule has 20 heavy (non-hydrogen) atoms. The van der Waals surface area contributed by atoms with Crippen LogP contribution in [0.2, 0.25) is 0 Å². The molecule has 0 N–H and O–H groups in total. The summed E-state index contributed by atoms with van der Waals surface area (Å²) in [7, 11) is 0. The van der Waals surface area contributed by atoms with Gasteiger partial charge in [0.2, 0.25) is 5.91 Å². The molecule has 0 saturated heterocycles. The van der Waals surface area contributed by atoms with E-state index >= 15 is 0 Å². The van der Waals surface area contributed by atoms with Gasteiger partial charge in [0.15, 0.2) is 0 Å². The van der Waals surface area contributed by atoms with Crippen LogP contribution in [-0.2, 0) is 4.79 Å². The van der Waals surface area contributed by atoms with Gasteiger partial charge in [0.25, 0.3) is 0 Å². The lowest BCUT2D eigenvalue weighted by Crippen LogP contribution is -2.37. The Balaban J connectivity index is 4.50. The number of hydrogen-bond donors (Lipinski definition) is 0. The average molecular weight is 279 g/mol. The highest BCUT2D eigenvalue weighted by molar-refractivity contribution is 5.78. The van der Waals surface area contributed by atoms with E-state index in [1.165, 1.54) is 11.1 Å². The molecule has 0 aromatic carbocycles. The van der Waals surface area contributed by atoms with E-state index < -0.39 is 0 Å². The van der Waals surface area contributed by atoms with Crippen LogP contribution in [0.1, 0.15) is 61.3 Å². The van der Waals surface area contributed by atoms with Gasteiger partial charge in [-0.25, -0.2) is 0 Å². The highest BCUT2D eigenvalue weighted by atomic mass is 16.2. The number of amides is 1. The fourth-order valence-electron chi connectivity index (χ4n) is 2.02. The molecule has 0 radical (unpaired) electrons. The van der Waals surface area contributed by atoms with Crippen LogP contribution >= 0.6 is 0 Å². The summed E-state index contributed by atoms with van der Waals surface area (Å²) < 4.78 is 0. The van der Waals surface area contributed by atoms with Crippen LogP contribution in [-0.4, -0.2) is 23.9 Å². The number of rotatable bonds is 8. The second kappa shape index (κ2) is 9.79. The van der Waals surface area contributed by atoms with Crippen molar-refractivity contribution in [2.75, 3.05) is 13.1 Å². The van der Waals surface area contributed by atoms with E-state index in [9.17, 15) is 4.79 Å². The molecule has 0 atom stereocenters. The smallest absolute Gasteiger partial charge is 0.225 e. The molecule has 2 heteroatoms. The van der Waals surface area contributed by atoms with Crippen LogP contribution in [0.15, 0.2) is 23.3 Å². The number of hydrogen-bond acceptors (Lipinski definition) is 1. The van der Waals surface area contributed by atoms with Crippen LogP contribution in [0.4, 0.5) is 0 Å². The molecule has 0 aliphatic carbocycles. The molecule has 0 saturated carbocycles. The van der Waals surface area contributed by atoms with E-state index in [1.807, 2.05) is 18.7 Å². The molecule has 0 aromatic heterocycles. The summed E-state index contributed by atoms with van der Waals surface area (Å²) in [6.07, 6.45) is 6.65. The number of allylic oxidation sites excluding steroid dienone is 3. The summed E-state index contributed by atoms with van der Waals surface area (Å²) in [5.41, 5.74) is 2.74. The Hall–Kier alpha value is -1.05. The zero-order valence-corrected chi connectivity index (χ0v) is 14.5. The number of carbonyl (C=O) groups excluding carboxylic acids is 1. The van der Waals surface area contributed by atoms with Crippen molar-refractivity contribution in [3.8, 4) is 0 Å². The lowest BCUT2D eigenvalue weighted by atomic mass is 10.1. The quantitative estimate of drug-likeness (QED) is 0.583. The second-order valence-corrected chi connectivity index (χ2v) is 6.66. The molecule has 1 amide bonds. The van der Waals surface area contributed by atoms with Crippen molar-refractivity contribution in [1.82, 2.24) is 4.90 Å². The summed E-state index contributed by atoms with van der Waals surface area (Å²) >= 11 is 0. The fourth-order valence-corrected chi connectivity index (χ4v) is 2.02. The summed E-state index contributed by atoms with van der Waals surface area (Å²) in [5.74, 6) is 0.845. The molecule has 0 aliphatic heterocycles. The van der Waals surface area contributed by atoms with E-state index in [-0.39, 0.29) is 11.8 Å². The van der Waals surface area contributed by atoms with Crippen LogP contribution in [0.5, 0.6) is 0 Å². The molecular weight excluding hydrogens is 246 g/mol. The lowest BCUT2D eigenvalue weighted by Gasteiger charge is -2.25. The van der Waals surface area contributed by atoms with Crippen molar-refractivity contribution >= 4 is 5.91 Å². The van der Waals surface area contributed by atoms with Gasteiger partial charge in [0.1, 0.15) is 0 Å². The second-order valence-electron chi connectivity index (χ2n) is 6.66. The van der Waals surface area contributed by atoms with Crippen LogP contribution < -0.4 is 0 Å². The first-order valence-electron chi connectivity index (χ1n) is 7.81. The van der Waals surface area contributed by atoms with E-state index in [4.69, 9.17) is 0 Å². The maximum absolute atomic E-state index is 12.2. The Morgan fingerprint density at radius 3 is 2.10 bits per heavy atom. The van der Waals surface area contributed by atoms with Crippen molar-refractivity contribution < 1.29 is 4.79 Å². The molecule has 0 spiro atoms. The van der Waals surface area contributed by atoms with Crippen molar-refractivity contribution in [3.05, 3.63) is 23.3 Å². The maximum atomic E-state index is 12.2. The van der Waals surface area contributed by atoms with Gasteiger partial charge < -0.3 is 4.90 Å². The Kier molecular flexibility index (Phi) is 9.28. The van der Waals surface area contributed by atoms with E-state index in [0.717, 1.165) is 25.9 Å². The zero-order chi connectivity index (χ0) is 15.7. The predicted octanol–water partition coefficient (Wildman–Crippen LogP) is 4.82. The van der Waals surface area contributed by atoms with Crippen molar-refractivity contribution in [2.24, 2.45) is 11.8 Å². The molecule has 0 rings (SSSR count). The molecular formula is C18H33NO. The summed E-state index contributed by atoms with van der Waals surface area (Å²) in [6, 6.07) is 0. The highest BCUT2D eigenvalue weighted by Gasteiger charge is 2.16. The molecule has 0 unspecified atom stereocenters. The largest absolute Gasteiger partial charge is 0.338 e. The fraction of sp³-hybridized carbons (Fsp3) is 0.722. The molecule has 2 nitrogen and oxygen atoms in total. The van der Waals surface area contributed by atoms with Crippen LogP contribution in [0.25, 0.3) is 0 Å². The van der Waals surface area contributed by atoms with Gasteiger partial charge in [-0.2, -0.15) is 0 Å². The van der Waals surface area contributed by atoms with Gasteiger partial charge in [-0.1, -0.05) is 51.0 Å². The summed E-state index contributed by atoms with van der Waals surface area (Å²) in [4.78, 5) is 14.2. The Morgan fingerprint density at radius 2 is 1.65 bits per heavy atom. The molecule has 116 valence electrons. The number of nitrogens with zero attached hydrogens (tertiary/aromatic N) is 1. The number of carbonyl (C=O) groups is 1. The minimum Gasteiger partial charge on any atom is -0.338 e. The van der Waals surface area contributed by atoms with E-state index in [1.54, 1.807) is 0 Å². The van der Waals surface area contributed by atoms with Gasteiger partial charge in [-0.3, -0.25) is 4.79 Å². The first-order valence-corrected chi connectivity index (χ1v) is 7.81. The molecule has 0 heterocycles. The SMILES string of the molecule is CC(C)=CCCC(C)=CCN(CC(C)C)C(=O)C(C)C. The van der Waals surface area contributed by atoms with Crippen molar-refractivity contribution in [3.63, 3.8) is 0 Å². The van der Waals surface area contributed by atoms with Gasteiger partial charge in [-0.05, 0) is 39.5 Å². The standard InChI is InChI=1S/C18H33NO/c1-14(2)9-8-10-17(7)11-12-19(13-15(3)4)18(20)16(5)6/h9,11,15-16H,8,10,12-13H2,1-7H3. The third-order valence-corrected chi connectivity index (χ3v) is 3.14. The van der Waals surface area contributed by atoms with Crippen molar-refractivity contribution in [1.29, 1.82) is 0 Å². The monoisotopic (exact) mass is 279 g/mol. The Morgan fingerprint density at radius 1 is 1.05 bits per heavy atom. The lowest BCUT2D eigenvalue weighted by molar-refractivity contribution is -0.134. The highest BCUT2D eigenvalue weighted by Crippen LogP contribution is 2.10. The molecule has 0 aromatic rings. The first kappa shape index (κ1) is 18.9. The van der Waals surface area contributed by atoms with Crippen LogP contribution in [0.3, 0.4) is 0 Å². The minimum atomic E-state index is 0.0770. The molecule has 0 aliphatic rings. The maximum Gasteiger partial charge on any atom is 0.225 e. The van der Waals surface area contributed by atoms with Gasteiger partial charge in [-0.15, -0.1) is 0 Å². The summed E-state index contributed by atoms with van der Waals surface area (Å²) in [6.45, 7) is 16.3. The zero-order valence-electron chi connectivity index (χ0n) is 14.5. The van der Waals surface area contributed by atoms with E-state index in [0.29, 0.717) is 5.92 Å². The third kappa shape index (κ3) is 8.95. The summed E-state index contributed by atoms with van der Waals surface area (Å²) in [5, 5.41) is 0. The van der Waals surface area contributed by atoms with Gasteiger partial charge in [0, 0.05) is 19.0 Å². The topological polar surface area (TPSA) is 20.3 Å². The van der Waals surface area contributed by atoms with Gasteiger partial charge in [0.05, 0.1) is 0 Å². The normalized spacial score (nSPS) is 11.9.